The lowest BCUT2D eigenvalue weighted by molar-refractivity contribution is 0.212. The van der Waals surface area contributed by atoms with Crippen LogP contribution in [0.2, 0.25) is 6.04 Å². The minimum atomic E-state index is -1.51. The van der Waals surface area contributed by atoms with Crippen LogP contribution in [0.4, 0.5) is 8.78 Å². The third kappa shape index (κ3) is 6.27. The Morgan fingerprint density at radius 2 is 1.68 bits per heavy atom. The predicted molar refractivity (Wildman–Crippen MR) is 74.5 cm³/mol. The van der Waals surface area contributed by atoms with Crippen molar-refractivity contribution < 1.29 is 17.6 Å². The maximum absolute atomic E-state index is 13.0. The van der Waals surface area contributed by atoms with Crippen molar-refractivity contribution in [3.63, 3.8) is 0 Å². The van der Waals surface area contributed by atoms with E-state index in [-0.39, 0.29) is 0 Å². The molecule has 108 valence electrons. The third-order valence-corrected chi connectivity index (χ3v) is 5.13. The average molecular weight is 288 g/mol. The number of rotatable bonds is 9. The summed E-state index contributed by atoms with van der Waals surface area (Å²) in [7, 11) is -1.51. The SMILES string of the molecule is CCO[SiH](CCCCc1ccc(F)c(F)c1)OCC. The van der Waals surface area contributed by atoms with Gasteiger partial charge >= 0.3 is 9.28 Å². The maximum atomic E-state index is 13.0. The van der Waals surface area contributed by atoms with E-state index >= 15 is 0 Å². The van der Waals surface area contributed by atoms with Crippen LogP contribution in [-0.4, -0.2) is 22.5 Å². The molecule has 0 aliphatic carbocycles. The lowest BCUT2D eigenvalue weighted by Gasteiger charge is -2.14. The first kappa shape index (κ1) is 16.3. The van der Waals surface area contributed by atoms with Crippen molar-refractivity contribution in [2.45, 2.75) is 39.2 Å². The molecule has 0 atom stereocenters. The van der Waals surface area contributed by atoms with Gasteiger partial charge in [-0.1, -0.05) is 12.5 Å². The normalized spacial score (nSPS) is 11.2. The second-order valence-corrected chi connectivity index (χ2v) is 6.44. The molecule has 0 aromatic heterocycles. The van der Waals surface area contributed by atoms with Crippen LogP contribution in [0.1, 0.15) is 32.3 Å². The molecule has 0 aliphatic heterocycles. The van der Waals surface area contributed by atoms with Gasteiger partial charge in [-0.2, -0.15) is 0 Å². The Hall–Kier alpha value is -0.783. The van der Waals surface area contributed by atoms with Gasteiger partial charge in [-0.3, -0.25) is 0 Å². The topological polar surface area (TPSA) is 18.5 Å². The van der Waals surface area contributed by atoms with Gasteiger partial charge in [0.2, 0.25) is 0 Å². The van der Waals surface area contributed by atoms with Gasteiger partial charge in [0.15, 0.2) is 11.6 Å². The van der Waals surface area contributed by atoms with Gasteiger partial charge in [0.1, 0.15) is 0 Å². The molecule has 0 N–H and O–H groups in total. The van der Waals surface area contributed by atoms with Gasteiger partial charge in [-0.25, -0.2) is 8.78 Å². The molecule has 0 unspecified atom stereocenters. The summed E-state index contributed by atoms with van der Waals surface area (Å²) in [6.45, 7) is 5.33. The second kappa shape index (κ2) is 9.17. The van der Waals surface area contributed by atoms with Crippen LogP contribution in [0.25, 0.3) is 0 Å². The molecule has 5 heteroatoms. The number of benzene rings is 1. The Balaban J connectivity index is 2.27. The highest BCUT2D eigenvalue weighted by atomic mass is 28.3. The van der Waals surface area contributed by atoms with Crippen LogP contribution in [0.3, 0.4) is 0 Å². The van der Waals surface area contributed by atoms with Gasteiger partial charge in [0, 0.05) is 13.2 Å². The maximum Gasteiger partial charge on any atom is 0.321 e. The molecule has 0 aliphatic rings. The van der Waals surface area contributed by atoms with Crippen molar-refractivity contribution >= 4 is 9.28 Å². The highest BCUT2D eigenvalue weighted by Crippen LogP contribution is 2.13. The molecule has 0 fully saturated rings. The highest BCUT2D eigenvalue weighted by molar-refractivity contribution is 6.44. The fraction of sp³-hybridized carbons (Fsp3) is 0.571. The number of unbranched alkanes of at least 4 members (excludes halogenated alkanes) is 1. The Bertz CT molecular complexity index is 368. The molecule has 0 radical (unpaired) electrons. The summed E-state index contributed by atoms with van der Waals surface area (Å²) in [4.78, 5) is 0. The van der Waals surface area contributed by atoms with Gasteiger partial charge < -0.3 is 8.85 Å². The number of hydrogen-bond donors (Lipinski definition) is 0. The first-order valence-corrected chi connectivity index (χ1v) is 8.60. The van der Waals surface area contributed by atoms with Crippen molar-refractivity contribution in [3.8, 4) is 0 Å². The van der Waals surface area contributed by atoms with Crippen LogP contribution in [-0.2, 0) is 15.3 Å². The Morgan fingerprint density at radius 1 is 1.00 bits per heavy atom. The first-order chi connectivity index (χ1) is 9.17. The van der Waals surface area contributed by atoms with Crippen molar-refractivity contribution in [2.75, 3.05) is 13.2 Å². The van der Waals surface area contributed by atoms with E-state index in [1.165, 1.54) is 12.1 Å². The molecule has 0 heterocycles. The van der Waals surface area contributed by atoms with Gasteiger partial charge in [0.25, 0.3) is 0 Å². The molecule has 19 heavy (non-hydrogen) atoms. The lowest BCUT2D eigenvalue weighted by Crippen LogP contribution is -2.22. The van der Waals surface area contributed by atoms with Crippen molar-refractivity contribution in [3.05, 3.63) is 35.4 Å². The van der Waals surface area contributed by atoms with Gasteiger partial charge in [-0.05, 0) is 50.4 Å². The van der Waals surface area contributed by atoms with Crippen LogP contribution in [0.5, 0.6) is 0 Å². The summed E-state index contributed by atoms with van der Waals surface area (Å²) in [6.07, 6.45) is 2.70. The number of aryl methyl sites for hydroxylation is 1. The van der Waals surface area contributed by atoms with E-state index in [1.807, 2.05) is 13.8 Å². The second-order valence-electron chi connectivity index (χ2n) is 4.33. The standard InChI is InChI=1S/C14H22F2O2Si/c1-3-17-19(18-4-2)10-6-5-7-12-8-9-13(15)14(16)11-12/h8-9,11,19H,3-7,10H2,1-2H3. The van der Waals surface area contributed by atoms with E-state index in [4.69, 9.17) is 8.85 Å². The zero-order valence-electron chi connectivity index (χ0n) is 11.6. The molecular formula is C14H22F2O2Si. The molecular weight excluding hydrogens is 266 g/mol. The van der Waals surface area contributed by atoms with Crippen LogP contribution in [0, 0.1) is 11.6 Å². The Morgan fingerprint density at radius 3 is 2.26 bits per heavy atom. The summed E-state index contributed by atoms with van der Waals surface area (Å²) >= 11 is 0. The Labute approximate surface area is 115 Å². The molecule has 2 nitrogen and oxygen atoms in total. The van der Waals surface area contributed by atoms with Crippen LogP contribution in [0.15, 0.2) is 18.2 Å². The fourth-order valence-electron chi connectivity index (χ4n) is 1.92. The molecule has 1 aromatic rings. The predicted octanol–water partition coefficient (Wildman–Crippen LogP) is 3.58. The van der Waals surface area contributed by atoms with Crippen LogP contribution >= 0.6 is 0 Å². The molecule has 1 aromatic carbocycles. The monoisotopic (exact) mass is 288 g/mol. The van der Waals surface area contributed by atoms with E-state index in [2.05, 4.69) is 0 Å². The van der Waals surface area contributed by atoms with Crippen molar-refractivity contribution in [2.24, 2.45) is 0 Å². The quantitative estimate of drug-likeness (QED) is 0.511. The van der Waals surface area contributed by atoms with E-state index in [0.29, 0.717) is 13.2 Å². The molecule has 0 saturated carbocycles. The first-order valence-electron chi connectivity index (χ1n) is 6.84. The van der Waals surface area contributed by atoms with Crippen LogP contribution < -0.4 is 0 Å². The average Bonchev–Trinajstić information content (AvgIpc) is 2.39. The minimum absolute atomic E-state index is 0.695. The summed E-state index contributed by atoms with van der Waals surface area (Å²) in [5.74, 6) is -1.56. The van der Waals surface area contributed by atoms with Crippen molar-refractivity contribution in [1.29, 1.82) is 0 Å². The summed E-state index contributed by atoms with van der Waals surface area (Å²) in [6, 6.07) is 5.06. The van der Waals surface area contributed by atoms with Crippen molar-refractivity contribution in [1.82, 2.24) is 0 Å². The minimum Gasteiger partial charge on any atom is -0.397 e. The largest absolute Gasteiger partial charge is 0.397 e. The molecule has 1 rings (SSSR count). The Kier molecular flexibility index (Phi) is 7.86. The zero-order chi connectivity index (χ0) is 14.1. The van der Waals surface area contributed by atoms with E-state index in [1.54, 1.807) is 6.07 Å². The zero-order valence-corrected chi connectivity index (χ0v) is 12.8. The molecule has 0 amide bonds. The fourth-order valence-corrected chi connectivity index (χ4v) is 3.72. The summed E-state index contributed by atoms with van der Waals surface area (Å²) in [5, 5.41) is 0. The summed E-state index contributed by atoms with van der Waals surface area (Å²) < 4.78 is 36.9. The van der Waals surface area contributed by atoms with Gasteiger partial charge in [0.05, 0.1) is 0 Å². The number of hydrogen-bond acceptors (Lipinski definition) is 2. The van der Waals surface area contributed by atoms with E-state index < -0.39 is 20.9 Å². The van der Waals surface area contributed by atoms with E-state index in [9.17, 15) is 8.78 Å². The van der Waals surface area contributed by atoms with Gasteiger partial charge in [-0.15, -0.1) is 0 Å². The molecule has 0 bridgehead atoms. The smallest absolute Gasteiger partial charge is 0.321 e. The molecule has 0 spiro atoms. The number of halogens is 2. The van der Waals surface area contributed by atoms with E-state index in [0.717, 1.165) is 30.9 Å². The lowest BCUT2D eigenvalue weighted by atomic mass is 10.1. The third-order valence-electron chi connectivity index (χ3n) is 2.84. The molecule has 0 saturated heterocycles. The highest BCUT2D eigenvalue weighted by Gasteiger charge is 2.11. The summed E-state index contributed by atoms with van der Waals surface area (Å²) in [5.41, 5.74) is 0.838.